The maximum absolute atomic E-state index is 9.23. The van der Waals surface area contributed by atoms with E-state index in [4.69, 9.17) is 4.42 Å². The van der Waals surface area contributed by atoms with Crippen LogP contribution in [0.3, 0.4) is 0 Å². The lowest BCUT2D eigenvalue weighted by atomic mass is 10.2. The minimum Gasteiger partial charge on any atom is -0.465 e. The van der Waals surface area contributed by atoms with E-state index in [-0.39, 0.29) is 0 Å². The molecule has 92 valence electrons. The second kappa shape index (κ2) is 5.22. The Morgan fingerprint density at radius 3 is 2.95 bits per heavy atom. The molecule has 3 nitrogen and oxygen atoms in total. The van der Waals surface area contributed by atoms with Gasteiger partial charge in [-0.25, -0.2) is 4.98 Å². The van der Waals surface area contributed by atoms with Gasteiger partial charge in [0.05, 0.1) is 22.4 Å². The van der Waals surface area contributed by atoms with Gasteiger partial charge < -0.3 is 4.42 Å². The lowest BCUT2D eigenvalue weighted by Gasteiger charge is -1.91. The molecule has 0 unspecified atom stereocenters. The fourth-order valence-electron chi connectivity index (χ4n) is 1.59. The molecular weight excluding hydrogens is 276 g/mol. The van der Waals surface area contributed by atoms with Crippen LogP contribution in [0.15, 0.2) is 45.7 Å². The van der Waals surface area contributed by atoms with E-state index in [1.807, 2.05) is 29.0 Å². The Morgan fingerprint density at radius 2 is 2.26 bits per heavy atom. The van der Waals surface area contributed by atoms with E-state index in [2.05, 4.69) is 11.1 Å². The van der Waals surface area contributed by atoms with Gasteiger partial charge in [0.2, 0.25) is 0 Å². The van der Waals surface area contributed by atoms with Crippen molar-refractivity contribution in [3.63, 3.8) is 0 Å². The third-order valence-electron chi connectivity index (χ3n) is 2.46. The van der Waals surface area contributed by atoms with Gasteiger partial charge in [-0.15, -0.1) is 22.7 Å². The van der Waals surface area contributed by atoms with Crippen molar-refractivity contribution in [3.8, 4) is 16.6 Å². The summed E-state index contributed by atoms with van der Waals surface area (Å²) in [6.07, 6.45) is 3.29. The smallest absolute Gasteiger partial charge is 0.134 e. The Balaban J connectivity index is 1.96. The first-order valence-electron chi connectivity index (χ1n) is 5.52. The summed E-state index contributed by atoms with van der Waals surface area (Å²) >= 11 is 3.10. The Bertz CT molecular complexity index is 731. The summed E-state index contributed by atoms with van der Waals surface area (Å²) in [4.78, 5) is 5.61. The highest BCUT2D eigenvalue weighted by atomic mass is 32.1. The van der Waals surface area contributed by atoms with Gasteiger partial charge in [0.25, 0.3) is 0 Å². The first-order chi connectivity index (χ1) is 9.36. The molecule has 3 rings (SSSR count). The Morgan fingerprint density at radius 1 is 1.32 bits per heavy atom. The van der Waals surface area contributed by atoms with Gasteiger partial charge in [-0.2, -0.15) is 5.26 Å². The van der Waals surface area contributed by atoms with Gasteiger partial charge in [0.1, 0.15) is 16.8 Å². The maximum Gasteiger partial charge on any atom is 0.134 e. The van der Waals surface area contributed by atoms with E-state index in [0.717, 1.165) is 10.6 Å². The summed E-state index contributed by atoms with van der Waals surface area (Å²) in [6, 6.07) is 9.78. The third-order valence-corrected chi connectivity index (χ3v) is 4.23. The van der Waals surface area contributed by atoms with Gasteiger partial charge in [0.15, 0.2) is 0 Å². The lowest BCUT2D eigenvalue weighted by molar-refractivity contribution is 0.557. The molecule has 0 aromatic carbocycles. The molecule has 3 aromatic heterocycles. The Labute approximate surface area is 118 Å². The first kappa shape index (κ1) is 11.9. The minimum absolute atomic E-state index is 0.516. The van der Waals surface area contributed by atoms with Gasteiger partial charge in [-0.05, 0) is 23.6 Å². The average molecular weight is 284 g/mol. The summed E-state index contributed by atoms with van der Waals surface area (Å²) in [5.74, 6) is 0.657. The summed E-state index contributed by atoms with van der Waals surface area (Å²) in [5.41, 5.74) is 1.43. The molecule has 0 fully saturated rings. The SMILES string of the molecule is N#C/C(=C/c1ccco1)c1nc(-c2cccs2)cs1. The second-order valence-corrected chi connectivity index (χ2v) is 5.51. The van der Waals surface area contributed by atoms with E-state index in [1.54, 1.807) is 29.7 Å². The van der Waals surface area contributed by atoms with Crippen molar-refractivity contribution >= 4 is 34.3 Å². The van der Waals surface area contributed by atoms with Crippen molar-refractivity contribution in [3.05, 3.63) is 52.1 Å². The van der Waals surface area contributed by atoms with Crippen LogP contribution in [0.1, 0.15) is 10.8 Å². The number of thiophene rings is 1. The van der Waals surface area contributed by atoms with Crippen molar-refractivity contribution in [2.75, 3.05) is 0 Å². The molecule has 0 aliphatic carbocycles. The second-order valence-electron chi connectivity index (χ2n) is 3.70. The maximum atomic E-state index is 9.23. The van der Waals surface area contributed by atoms with E-state index in [0.29, 0.717) is 16.3 Å². The summed E-state index contributed by atoms with van der Waals surface area (Å²) in [6.45, 7) is 0. The van der Waals surface area contributed by atoms with E-state index in [1.165, 1.54) is 11.3 Å². The standard InChI is InChI=1S/C14H8N2OS2/c15-8-10(7-11-3-1-5-17-11)14-16-12(9-19-14)13-4-2-6-18-13/h1-7,9H/b10-7-. The molecule has 0 spiro atoms. The lowest BCUT2D eigenvalue weighted by Crippen LogP contribution is -1.80. The first-order valence-corrected chi connectivity index (χ1v) is 7.28. The van der Waals surface area contributed by atoms with Gasteiger partial charge >= 0.3 is 0 Å². The number of aromatic nitrogens is 1. The monoisotopic (exact) mass is 284 g/mol. The van der Waals surface area contributed by atoms with Crippen LogP contribution >= 0.6 is 22.7 Å². The van der Waals surface area contributed by atoms with Crippen LogP contribution in [0.2, 0.25) is 0 Å². The number of allylic oxidation sites excluding steroid dienone is 1. The molecule has 0 amide bonds. The molecule has 5 heteroatoms. The van der Waals surface area contributed by atoms with E-state index in [9.17, 15) is 5.26 Å². The zero-order valence-corrected chi connectivity index (χ0v) is 11.4. The molecule has 0 N–H and O–H groups in total. The molecular formula is C14H8N2OS2. The number of nitrogens with zero attached hydrogens (tertiary/aromatic N) is 2. The van der Waals surface area contributed by atoms with Crippen LogP contribution in [0.5, 0.6) is 0 Å². The van der Waals surface area contributed by atoms with Crippen molar-refractivity contribution < 1.29 is 4.42 Å². The van der Waals surface area contributed by atoms with Gasteiger partial charge in [-0.1, -0.05) is 6.07 Å². The molecule has 0 bridgehead atoms. The number of hydrogen-bond acceptors (Lipinski definition) is 5. The largest absolute Gasteiger partial charge is 0.465 e. The third kappa shape index (κ3) is 2.50. The summed E-state index contributed by atoms with van der Waals surface area (Å²) < 4.78 is 5.22. The number of hydrogen-bond donors (Lipinski definition) is 0. The van der Waals surface area contributed by atoms with Crippen molar-refractivity contribution in [2.45, 2.75) is 0 Å². The van der Waals surface area contributed by atoms with Crippen LogP contribution < -0.4 is 0 Å². The zero-order chi connectivity index (χ0) is 13.1. The van der Waals surface area contributed by atoms with Gasteiger partial charge in [-0.3, -0.25) is 0 Å². The Hall–Kier alpha value is -2.16. The highest BCUT2D eigenvalue weighted by molar-refractivity contribution is 7.14. The topological polar surface area (TPSA) is 49.8 Å². The average Bonchev–Trinajstić information content (AvgIpc) is 3.15. The fraction of sp³-hybridized carbons (Fsp3) is 0. The van der Waals surface area contributed by atoms with Crippen LogP contribution in [0, 0.1) is 11.3 Å². The number of nitriles is 1. The normalized spacial score (nSPS) is 11.4. The molecule has 0 radical (unpaired) electrons. The molecule has 3 aromatic rings. The molecule has 0 aliphatic rings. The van der Waals surface area contributed by atoms with Crippen molar-refractivity contribution in [1.82, 2.24) is 4.98 Å². The molecule has 0 saturated heterocycles. The fourth-order valence-corrected chi connectivity index (χ4v) is 3.14. The molecule has 3 heterocycles. The number of thiazole rings is 1. The van der Waals surface area contributed by atoms with Crippen LogP contribution in [-0.4, -0.2) is 4.98 Å². The highest BCUT2D eigenvalue weighted by Gasteiger charge is 2.10. The van der Waals surface area contributed by atoms with Gasteiger partial charge in [0, 0.05) is 11.5 Å². The molecule has 0 saturated carbocycles. The molecule has 0 atom stereocenters. The highest BCUT2D eigenvalue weighted by Crippen LogP contribution is 2.29. The number of furan rings is 1. The number of rotatable bonds is 3. The predicted octanol–water partition coefficient (Wildman–Crippen LogP) is 4.53. The van der Waals surface area contributed by atoms with Crippen LogP contribution in [0.4, 0.5) is 0 Å². The van der Waals surface area contributed by atoms with Crippen LogP contribution in [-0.2, 0) is 0 Å². The minimum atomic E-state index is 0.516. The van der Waals surface area contributed by atoms with E-state index < -0.39 is 0 Å². The van der Waals surface area contributed by atoms with Crippen molar-refractivity contribution in [2.24, 2.45) is 0 Å². The summed E-state index contributed by atoms with van der Waals surface area (Å²) in [5, 5.41) is 13.9. The van der Waals surface area contributed by atoms with Crippen LogP contribution in [0.25, 0.3) is 22.2 Å². The summed E-state index contributed by atoms with van der Waals surface area (Å²) in [7, 11) is 0. The molecule has 19 heavy (non-hydrogen) atoms. The van der Waals surface area contributed by atoms with E-state index >= 15 is 0 Å². The predicted molar refractivity (Wildman–Crippen MR) is 77.6 cm³/mol. The molecule has 0 aliphatic heterocycles. The van der Waals surface area contributed by atoms with Crippen molar-refractivity contribution in [1.29, 1.82) is 5.26 Å². The zero-order valence-electron chi connectivity index (χ0n) is 9.74. The quantitative estimate of drug-likeness (QED) is 0.664. The Kier molecular flexibility index (Phi) is 3.27.